The molecule has 1 aromatic rings. The topological polar surface area (TPSA) is 82.2 Å². The third-order valence-corrected chi connectivity index (χ3v) is 4.06. The lowest BCUT2D eigenvalue weighted by Crippen LogP contribution is -2.28. The van der Waals surface area contributed by atoms with E-state index in [4.69, 9.17) is 0 Å². The highest BCUT2D eigenvalue weighted by molar-refractivity contribution is 9.10. The van der Waals surface area contributed by atoms with E-state index in [2.05, 4.69) is 15.9 Å². The monoisotopic (exact) mass is 330 g/mol. The van der Waals surface area contributed by atoms with Crippen molar-refractivity contribution in [3.63, 3.8) is 0 Å². The summed E-state index contributed by atoms with van der Waals surface area (Å²) in [6.45, 7) is 4.99. The molecule has 0 aliphatic heterocycles. The van der Waals surface area contributed by atoms with Gasteiger partial charge in [0.2, 0.25) is 0 Å². The van der Waals surface area contributed by atoms with E-state index < -0.39 is 10.5 Å². The number of halogens is 1. The Morgan fingerprint density at radius 3 is 2.63 bits per heavy atom. The number of pyridine rings is 1. The fourth-order valence-corrected chi connectivity index (χ4v) is 1.99. The summed E-state index contributed by atoms with van der Waals surface area (Å²) in [4.78, 5) is 34.1. The molecular weight excluding hydrogens is 316 g/mol. The Bertz CT molecular complexity index is 580. The molecule has 0 amide bonds. The molecule has 1 rings (SSSR count). The van der Waals surface area contributed by atoms with Crippen LogP contribution >= 0.6 is 15.9 Å². The normalized spacial score (nSPS) is 12.2. The van der Waals surface area contributed by atoms with Gasteiger partial charge in [0.25, 0.3) is 11.2 Å². The average Bonchev–Trinajstić information content (AvgIpc) is 2.37. The van der Waals surface area contributed by atoms with Crippen LogP contribution in [-0.4, -0.2) is 15.3 Å². The standard InChI is InChI=1S/C12H15BrN2O4/c1-4-7(2)10(16)6-14-5-9(15(18)19)8(3)11(13)12(14)17/h5,7H,4,6H2,1-3H3. The molecular formula is C12H15BrN2O4. The molecule has 19 heavy (non-hydrogen) atoms. The van der Waals surface area contributed by atoms with Crippen molar-refractivity contribution in [2.75, 3.05) is 0 Å². The number of Topliss-reactive ketones (excluding diaryl/α,β-unsaturated/α-hetero) is 1. The minimum absolute atomic E-state index is 0.116. The first-order valence-corrected chi connectivity index (χ1v) is 6.65. The molecule has 7 heteroatoms. The Kier molecular flexibility index (Phi) is 4.99. The first kappa shape index (κ1) is 15.6. The maximum Gasteiger partial charge on any atom is 0.289 e. The van der Waals surface area contributed by atoms with Crippen molar-refractivity contribution in [3.05, 3.63) is 36.7 Å². The number of hydrogen-bond acceptors (Lipinski definition) is 4. The number of nitro groups is 1. The third kappa shape index (κ3) is 3.28. The number of carbonyl (C=O) groups is 1. The lowest BCUT2D eigenvalue weighted by atomic mass is 10.0. The summed E-state index contributed by atoms with van der Waals surface area (Å²) < 4.78 is 1.21. The highest BCUT2D eigenvalue weighted by atomic mass is 79.9. The molecule has 0 aromatic carbocycles. The molecule has 0 radical (unpaired) electrons. The third-order valence-electron chi connectivity index (χ3n) is 3.13. The predicted octanol–water partition coefficient (Wildman–Crippen LogP) is 2.44. The van der Waals surface area contributed by atoms with Crippen LogP contribution in [0.1, 0.15) is 25.8 Å². The molecule has 0 saturated heterocycles. The van der Waals surface area contributed by atoms with Gasteiger partial charge >= 0.3 is 0 Å². The van der Waals surface area contributed by atoms with Gasteiger partial charge in [0.15, 0.2) is 5.78 Å². The van der Waals surface area contributed by atoms with Crippen molar-refractivity contribution in [2.24, 2.45) is 5.92 Å². The van der Waals surface area contributed by atoms with Gasteiger partial charge in [-0.25, -0.2) is 0 Å². The number of ketones is 1. The fourth-order valence-electron chi connectivity index (χ4n) is 1.55. The zero-order valence-electron chi connectivity index (χ0n) is 11.0. The van der Waals surface area contributed by atoms with Crippen molar-refractivity contribution in [1.29, 1.82) is 0 Å². The molecule has 0 fully saturated rings. The Morgan fingerprint density at radius 1 is 1.58 bits per heavy atom. The molecule has 1 unspecified atom stereocenters. The van der Waals surface area contributed by atoms with Crippen molar-refractivity contribution in [3.8, 4) is 0 Å². The van der Waals surface area contributed by atoms with Crippen LogP contribution in [0.15, 0.2) is 15.5 Å². The van der Waals surface area contributed by atoms with Crippen LogP contribution in [0.25, 0.3) is 0 Å². The minimum atomic E-state index is -0.566. The van der Waals surface area contributed by atoms with Crippen molar-refractivity contribution in [2.45, 2.75) is 33.7 Å². The largest absolute Gasteiger partial charge is 0.300 e. The van der Waals surface area contributed by atoms with Gasteiger partial charge in [-0.15, -0.1) is 0 Å². The maximum absolute atomic E-state index is 12.0. The molecule has 0 aliphatic rings. The van der Waals surface area contributed by atoms with Crippen LogP contribution in [0.4, 0.5) is 5.69 Å². The van der Waals surface area contributed by atoms with E-state index in [1.54, 1.807) is 6.92 Å². The molecule has 1 aromatic heterocycles. The molecule has 1 heterocycles. The Labute approximate surface area is 118 Å². The minimum Gasteiger partial charge on any atom is -0.300 e. The number of carbonyl (C=O) groups excluding carboxylic acids is 1. The summed E-state index contributed by atoms with van der Waals surface area (Å²) in [7, 11) is 0. The lowest BCUT2D eigenvalue weighted by Gasteiger charge is -2.11. The molecule has 0 bridgehead atoms. The van der Waals surface area contributed by atoms with E-state index >= 15 is 0 Å². The van der Waals surface area contributed by atoms with Crippen molar-refractivity contribution >= 4 is 27.4 Å². The van der Waals surface area contributed by atoms with Crippen molar-refractivity contribution in [1.82, 2.24) is 4.57 Å². The van der Waals surface area contributed by atoms with E-state index in [0.29, 0.717) is 6.42 Å². The average molecular weight is 331 g/mol. The summed E-state index contributed by atoms with van der Waals surface area (Å²) >= 11 is 3.04. The van der Waals surface area contributed by atoms with Gasteiger partial charge in [0.05, 0.1) is 22.1 Å². The van der Waals surface area contributed by atoms with E-state index in [-0.39, 0.29) is 34.0 Å². The number of aromatic nitrogens is 1. The van der Waals surface area contributed by atoms with Crippen molar-refractivity contribution < 1.29 is 9.72 Å². The molecule has 0 aliphatic carbocycles. The highest BCUT2D eigenvalue weighted by Crippen LogP contribution is 2.22. The van der Waals surface area contributed by atoms with Crippen LogP contribution in [0.5, 0.6) is 0 Å². The zero-order valence-corrected chi connectivity index (χ0v) is 12.6. The lowest BCUT2D eigenvalue weighted by molar-refractivity contribution is -0.386. The predicted molar refractivity (Wildman–Crippen MR) is 74.3 cm³/mol. The fraction of sp³-hybridized carbons (Fsp3) is 0.500. The second-order valence-corrected chi connectivity index (χ2v) is 5.21. The highest BCUT2D eigenvalue weighted by Gasteiger charge is 2.20. The zero-order chi connectivity index (χ0) is 14.7. The number of rotatable bonds is 5. The summed E-state index contributed by atoms with van der Waals surface area (Å²) in [6, 6.07) is 0. The SMILES string of the molecule is CCC(C)C(=O)Cn1cc([N+](=O)[O-])c(C)c(Br)c1=O. The molecule has 104 valence electrons. The van der Waals surface area contributed by atoms with E-state index in [1.807, 2.05) is 6.92 Å². The molecule has 0 spiro atoms. The molecule has 0 saturated carbocycles. The summed E-state index contributed by atoms with van der Waals surface area (Å²) in [5, 5.41) is 10.9. The summed E-state index contributed by atoms with van der Waals surface area (Å²) in [5.74, 6) is -0.291. The number of hydrogen-bond donors (Lipinski definition) is 0. The Hall–Kier alpha value is -1.50. The van der Waals surface area contributed by atoms with Crippen LogP contribution in [0.2, 0.25) is 0 Å². The molecule has 0 N–H and O–H groups in total. The van der Waals surface area contributed by atoms with Gasteiger partial charge in [0.1, 0.15) is 0 Å². The molecule has 1 atom stereocenters. The Balaban J connectivity index is 3.26. The van der Waals surface area contributed by atoms with Gasteiger partial charge in [-0.2, -0.15) is 0 Å². The molecule has 6 nitrogen and oxygen atoms in total. The van der Waals surface area contributed by atoms with Crippen LogP contribution in [-0.2, 0) is 11.3 Å². The summed E-state index contributed by atoms with van der Waals surface area (Å²) in [5.41, 5.74) is -0.342. The van der Waals surface area contributed by atoms with E-state index in [9.17, 15) is 19.7 Å². The van der Waals surface area contributed by atoms with Gasteiger partial charge in [-0.05, 0) is 29.3 Å². The first-order chi connectivity index (χ1) is 8.79. The summed E-state index contributed by atoms with van der Waals surface area (Å²) in [6.07, 6.45) is 1.80. The quantitative estimate of drug-likeness (QED) is 0.613. The maximum atomic E-state index is 12.0. The van der Waals surface area contributed by atoms with Crippen LogP contribution in [0, 0.1) is 23.0 Å². The van der Waals surface area contributed by atoms with E-state index in [1.165, 1.54) is 6.92 Å². The van der Waals surface area contributed by atoms with Gasteiger partial charge in [-0.1, -0.05) is 13.8 Å². The number of nitrogens with zero attached hydrogens (tertiary/aromatic N) is 2. The second-order valence-electron chi connectivity index (χ2n) is 4.42. The Morgan fingerprint density at radius 2 is 2.16 bits per heavy atom. The van der Waals surface area contributed by atoms with E-state index in [0.717, 1.165) is 10.8 Å². The van der Waals surface area contributed by atoms with Gasteiger partial charge < -0.3 is 4.57 Å². The van der Waals surface area contributed by atoms with Gasteiger partial charge in [-0.3, -0.25) is 19.7 Å². The first-order valence-electron chi connectivity index (χ1n) is 5.86. The van der Waals surface area contributed by atoms with Crippen LogP contribution < -0.4 is 5.56 Å². The van der Waals surface area contributed by atoms with Crippen LogP contribution in [0.3, 0.4) is 0 Å². The van der Waals surface area contributed by atoms with Gasteiger partial charge in [0, 0.05) is 11.5 Å². The second kappa shape index (κ2) is 6.10. The smallest absolute Gasteiger partial charge is 0.289 e.